The number of hydrogen-bond acceptors (Lipinski definition) is 9. The SMILES string of the molecule is COc1ccc(C2C(C#N)=C(/N=C/C=C/c3ccccc3)Oc3nc(Nc4ccc(S(N)(=O)=O)cc4)sc32)cc1. The molecule has 5 rings (SSSR count). The number of nitrogens with two attached hydrogens (primary N) is 1. The number of sulfonamides is 1. The van der Waals surface area contributed by atoms with Gasteiger partial charge in [0.1, 0.15) is 17.4 Å². The van der Waals surface area contributed by atoms with Crippen LogP contribution in [0.15, 0.2) is 106 Å². The number of fused-ring (bicyclic) bond motifs is 1. The second kappa shape index (κ2) is 11.5. The molecule has 0 bridgehead atoms. The zero-order valence-corrected chi connectivity index (χ0v) is 22.8. The molecule has 1 unspecified atom stereocenters. The molecule has 0 fully saturated rings. The van der Waals surface area contributed by atoms with Crippen LogP contribution < -0.4 is 19.9 Å². The molecule has 3 aromatic carbocycles. The van der Waals surface area contributed by atoms with Crippen LogP contribution in [0.25, 0.3) is 6.08 Å². The summed E-state index contributed by atoms with van der Waals surface area (Å²) in [6.45, 7) is 0. The zero-order chi connectivity index (χ0) is 28.1. The number of nitrogens with zero attached hydrogens (tertiary/aromatic N) is 3. The molecule has 0 saturated carbocycles. The van der Waals surface area contributed by atoms with Crippen LogP contribution in [0.4, 0.5) is 10.8 Å². The number of allylic oxidation sites excluding steroid dienone is 2. The summed E-state index contributed by atoms with van der Waals surface area (Å²) in [5.41, 5.74) is 2.81. The fourth-order valence-corrected chi connectivity index (χ4v) is 5.60. The highest BCUT2D eigenvalue weighted by Gasteiger charge is 2.35. The lowest BCUT2D eigenvalue weighted by Gasteiger charge is -2.22. The molecule has 4 aromatic rings. The Hall–Kier alpha value is -4.76. The predicted octanol–water partition coefficient (Wildman–Crippen LogP) is 5.59. The quantitative estimate of drug-likeness (QED) is 0.264. The maximum atomic E-state index is 11.6. The van der Waals surface area contributed by atoms with E-state index in [4.69, 9.17) is 14.6 Å². The van der Waals surface area contributed by atoms with E-state index in [2.05, 4.69) is 21.4 Å². The third-order valence-corrected chi connectivity index (χ3v) is 7.91. The monoisotopic (exact) mass is 569 g/mol. The van der Waals surface area contributed by atoms with Crippen LogP contribution in [0.1, 0.15) is 21.9 Å². The fraction of sp³-hybridized carbons (Fsp3) is 0.0690. The first-order valence-corrected chi connectivity index (χ1v) is 14.3. The maximum Gasteiger partial charge on any atom is 0.238 e. The van der Waals surface area contributed by atoms with Gasteiger partial charge in [0.2, 0.25) is 21.8 Å². The molecule has 0 amide bonds. The smallest absolute Gasteiger partial charge is 0.238 e. The van der Waals surface area contributed by atoms with Gasteiger partial charge in [0.25, 0.3) is 0 Å². The Morgan fingerprint density at radius 2 is 1.82 bits per heavy atom. The van der Waals surface area contributed by atoms with Gasteiger partial charge in [-0.05, 0) is 53.6 Å². The van der Waals surface area contributed by atoms with Crippen LogP contribution in [0.5, 0.6) is 11.6 Å². The van der Waals surface area contributed by atoms with E-state index >= 15 is 0 Å². The third-order valence-electron chi connectivity index (χ3n) is 5.96. The lowest BCUT2D eigenvalue weighted by molar-refractivity contribution is 0.384. The Morgan fingerprint density at radius 3 is 2.48 bits per heavy atom. The molecular formula is C29H23N5O4S2. The Kier molecular flexibility index (Phi) is 7.75. The minimum absolute atomic E-state index is 0.00562. The fourth-order valence-electron chi connectivity index (χ4n) is 4.03. The predicted molar refractivity (Wildman–Crippen MR) is 155 cm³/mol. The first kappa shape index (κ1) is 26.8. The van der Waals surface area contributed by atoms with Gasteiger partial charge in [-0.25, -0.2) is 18.5 Å². The van der Waals surface area contributed by atoms with Crippen molar-refractivity contribution in [2.45, 2.75) is 10.8 Å². The Labute approximate surface area is 235 Å². The lowest BCUT2D eigenvalue weighted by atomic mass is 9.89. The molecule has 1 aromatic heterocycles. The average Bonchev–Trinajstić information content (AvgIpc) is 3.36. The number of thiazole rings is 1. The number of hydrogen-bond donors (Lipinski definition) is 2. The summed E-state index contributed by atoms with van der Waals surface area (Å²) in [5, 5.41) is 19.1. The van der Waals surface area contributed by atoms with Crippen LogP contribution in [0.3, 0.4) is 0 Å². The van der Waals surface area contributed by atoms with Gasteiger partial charge >= 0.3 is 0 Å². The van der Waals surface area contributed by atoms with E-state index in [-0.39, 0.29) is 10.8 Å². The van der Waals surface area contributed by atoms with E-state index in [1.54, 1.807) is 31.5 Å². The van der Waals surface area contributed by atoms with Gasteiger partial charge in [0, 0.05) is 11.9 Å². The summed E-state index contributed by atoms with van der Waals surface area (Å²) < 4.78 is 34.5. The highest BCUT2D eigenvalue weighted by Crippen LogP contribution is 2.47. The molecule has 2 heterocycles. The van der Waals surface area contributed by atoms with Crippen molar-refractivity contribution in [2.75, 3.05) is 12.4 Å². The van der Waals surface area contributed by atoms with E-state index in [0.29, 0.717) is 28.0 Å². The van der Waals surface area contributed by atoms with Crippen molar-refractivity contribution < 1.29 is 17.9 Å². The summed E-state index contributed by atoms with van der Waals surface area (Å²) in [4.78, 5) is 9.79. The molecule has 0 aliphatic carbocycles. The van der Waals surface area contributed by atoms with E-state index in [1.807, 2.05) is 60.7 Å². The number of primary sulfonamides is 1. The number of methoxy groups -OCH3 is 1. The maximum absolute atomic E-state index is 11.6. The summed E-state index contributed by atoms with van der Waals surface area (Å²) in [6, 6.07) is 25.5. The van der Waals surface area contributed by atoms with Crippen LogP contribution >= 0.6 is 11.3 Å². The average molecular weight is 570 g/mol. The molecular weight excluding hydrogens is 546 g/mol. The van der Waals surface area contributed by atoms with Crippen molar-refractivity contribution in [1.82, 2.24) is 4.98 Å². The van der Waals surface area contributed by atoms with Gasteiger partial charge in [0.15, 0.2) is 5.13 Å². The standard InChI is InChI=1S/C29H23N5O4S2/c1-37-22-13-9-20(10-14-22)25-24(18-30)27(32-17-5-8-19-6-3-2-4-7-19)38-28-26(25)39-29(34-28)33-21-11-15-23(16-12-21)40(31,35)36/h2-17,25H,1H3,(H,33,34)(H2,31,35,36)/b8-5+,32-17+. The van der Waals surface area contributed by atoms with Crippen LogP contribution in [-0.2, 0) is 10.0 Å². The molecule has 9 nitrogen and oxygen atoms in total. The molecule has 1 aliphatic rings. The molecule has 40 heavy (non-hydrogen) atoms. The van der Waals surface area contributed by atoms with Crippen molar-refractivity contribution in [3.05, 3.63) is 112 Å². The number of aliphatic imine (C=N–C) groups is 1. The molecule has 1 atom stereocenters. The van der Waals surface area contributed by atoms with Crippen molar-refractivity contribution in [1.29, 1.82) is 5.26 Å². The van der Waals surface area contributed by atoms with Gasteiger partial charge in [0.05, 0.1) is 22.8 Å². The van der Waals surface area contributed by atoms with E-state index < -0.39 is 15.9 Å². The topological polar surface area (TPSA) is 140 Å². The molecule has 11 heteroatoms. The number of anilines is 2. The number of benzene rings is 3. The number of rotatable bonds is 8. The van der Waals surface area contributed by atoms with Crippen molar-refractivity contribution in [3.63, 3.8) is 0 Å². The van der Waals surface area contributed by atoms with Gasteiger partial charge in [-0.3, -0.25) is 0 Å². The second-order valence-electron chi connectivity index (χ2n) is 8.57. The first-order chi connectivity index (χ1) is 19.4. The number of nitriles is 1. The number of nitrogens with one attached hydrogen (secondary N) is 1. The van der Waals surface area contributed by atoms with Gasteiger partial charge < -0.3 is 14.8 Å². The minimum atomic E-state index is -3.80. The van der Waals surface area contributed by atoms with Gasteiger partial charge in [-0.1, -0.05) is 59.9 Å². The normalized spacial score (nSPS) is 15.1. The Bertz CT molecular complexity index is 1750. The van der Waals surface area contributed by atoms with E-state index in [1.165, 1.54) is 23.5 Å². The molecule has 200 valence electrons. The first-order valence-electron chi connectivity index (χ1n) is 12.0. The zero-order valence-electron chi connectivity index (χ0n) is 21.2. The van der Waals surface area contributed by atoms with E-state index in [0.717, 1.165) is 16.0 Å². The highest BCUT2D eigenvalue weighted by molar-refractivity contribution is 7.89. The van der Waals surface area contributed by atoms with Crippen LogP contribution in [0, 0.1) is 11.3 Å². The van der Waals surface area contributed by atoms with Crippen LogP contribution in [0.2, 0.25) is 0 Å². The third kappa shape index (κ3) is 5.94. The van der Waals surface area contributed by atoms with Crippen molar-refractivity contribution >= 4 is 44.5 Å². The summed E-state index contributed by atoms with van der Waals surface area (Å²) >= 11 is 1.33. The second-order valence-corrected chi connectivity index (χ2v) is 11.2. The number of ether oxygens (including phenoxy) is 2. The highest BCUT2D eigenvalue weighted by atomic mass is 32.2. The lowest BCUT2D eigenvalue weighted by Crippen LogP contribution is -2.14. The molecule has 0 spiro atoms. The Morgan fingerprint density at radius 1 is 1.10 bits per heavy atom. The van der Waals surface area contributed by atoms with E-state index in [9.17, 15) is 13.7 Å². The molecule has 0 saturated heterocycles. The largest absolute Gasteiger partial charge is 0.497 e. The Balaban J connectivity index is 1.49. The summed E-state index contributed by atoms with van der Waals surface area (Å²) in [5.74, 6) is 0.704. The van der Waals surface area contributed by atoms with Crippen molar-refractivity contribution in [3.8, 4) is 17.7 Å². The summed E-state index contributed by atoms with van der Waals surface area (Å²) in [7, 11) is -2.21. The minimum Gasteiger partial charge on any atom is -0.497 e. The molecule has 3 N–H and O–H groups in total. The molecule has 0 radical (unpaired) electrons. The van der Waals surface area contributed by atoms with Crippen molar-refractivity contribution in [2.24, 2.45) is 10.1 Å². The van der Waals surface area contributed by atoms with Gasteiger partial charge in [-0.2, -0.15) is 10.2 Å². The number of aromatic nitrogens is 1. The van der Waals surface area contributed by atoms with Gasteiger partial charge in [-0.15, -0.1) is 0 Å². The summed E-state index contributed by atoms with van der Waals surface area (Å²) in [6.07, 6.45) is 5.25. The van der Waals surface area contributed by atoms with Crippen LogP contribution in [-0.4, -0.2) is 26.7 Å². The molecule has 1 aliphatic heterocycles.